The summed E-state index contributed by atoms with van der Waals surface area (Å²) in [4.78, 5) is 30.5. The lowest BCUT2D eigenvalue weighted by Gasteiger charge is -2.11. The van der Waals surface area contributed by atoms with Crippen molar-refractivity contribution in [1.29, 1.82) is 0 Å². The van der Waals surface area contributed by atoms with Gasteiger partial charge in [0, 0.05) is 87.5 Å². The summed E-state index contributed by atoms with van der Waals surface area (Å²) in [5.74, 6) is 3.58. The molecule has 526 valence electrons. The lowest BCUT2D eigenvalue weighted by molar-refractivity contribution is 0.668. The molecule has 0 aliphatic carbocycles. The van der Waals surface area contributed by atoms with Gasteiger partial charge in [-0.05, 0) is 160 Å². The highest BCUT2D eigenvalue weighted by Gasteiger charge is 2.25. The second-order valence-corrected chi connectivity index (χ2v) is 28.8. The molecule has 0 aliphatic rings. The van der Waals surface area contributed by atoms with Crippen molar-refractivity contribution in [2.24, 2.45) is 0 Å². The Morgan fingerprint density at radius 2 is 0.522 bits per heavy atom. The van der Waals surface area contributed by atoms with Crippen molar-refractivity contribution in [3.8, 4) is 124 Å². The van der Waals surface area contributed by atoms with Crippen LogP contribution in [0.1, 0.15) is 0 Å². The van der Waals surface area contributed by atoms with Gasteiger partial charge in [0.05, 0.1) is 33.1 Å². The number of furan rings is 3. The highest BCUT2D eigenvalue weighted by molar-refractivity contribution is 6.18. The fourth-order valence-corrected chi connectivity index (χ4v) is 17.0. The molecule has 7 heterocycles. The second-order valence-electron chi connectivity index (χ2n) is 28.8. The molecule has 0 unspecified atom stereocenters. The molecule has 0 radical (unpaired) electrons. The van der Waals surface area contributed by atoms with E-state index >= 15 is 0 Å². The Morgan fingerprint density at radius 1 is 0.177 bits per heavy atom. The van der Waals surface area contributed by atoms with Gasteiger partial charge >= 0.3 is 0 Å². The molecule has 0 atom stereocenters. The van der Waals surface area contributed by atoms with Crippen LogP contribution in [-0.2, 0) is 0 Å². The van der Waals surface area contributed by atoms with Crippen molar-refractivity contribution in [2.45, 2.75) is 0 Å². The molecule has 0 spiro atoms. The molecule has 0 aliphatic heterocycles. The molecule has 0 saturated carbocycles. The molecule has 0 saturated heterocycles. The third-order valence-corrected chi connectivity index (χ3v) is 22.2. The zero-order chi connectivity index (χ0) is 74.2. The zero-order valence-electron chi connectivity index (χ0n) is 60.4. The third kappa shape index (κ3) is 10.6. The number of nitrogens with zero attached hydrogens (tertiary/aromatic N) is 8. The van der Waals surface area contributed by atoms with E-state index in [9.17, 15) is 0 Å². The molecule has 113 heavy (non-hydrogen) atoms. The Balaban J connectivity index is 0.567. The largest absolute Gasteiger partial charge is 0.456 e. The summed E-state index contributed by atoms with van der Waals surface area (Å²) in [7, 11) is 0. The van der Waals surface area contributed by atoms with Crippen LogP contribution in [0.2, 0.25) is 0 Å². The van der Waals surface area contributed by atoms with Gasteiger partial charge in [0.1, 0.15) is 33.5 Å². The second kappa shape index (κ2) is 25.6. The van der Waals surface area contributed by atoms with Crippen LogP contribution in [0.5, 0.6) is 0 Å². The molecule has 0 fully saturated rings. The fourth-order valence-electron chi connectivity index (χ4n) is 17.0. The minimum atomic E-state index is 0.576. The Bertz CT molecular complexity index is 7700. The summed E-state index contributed by atoms with van der Waals surface area (Å²) in [6.45, 7) is 0. The lowest BCUT2D eigenvalue weighted by Crippen LogP contribution is -2.00. The normalized spacial score (nSPS) is 11.9. The maximum Gasteiger partial charge on any atom is 0.164 e. The molecular weight excluding hydrogens is 1390 g/mol. The monoisotopic (exact) mass is 1440 g/mol. The van der Waals surface area contributed by atoms with Crippen molar-refractivity contribution < 1.29 is 13.3 Å². The first-order valence-electron chi connectivity index (χ1n) is 37.9. The Morgan fingerprint density at radius 3 is 1.03 bits per heavy atom. The van der Waals surface area contributed by atoms with E-state index in [-0.39, 0.29) is 0 Å². The van der Waals surface area contributed by atoms with Gasteiger partial charge in [-0.2, -0.15) is 0 Å². The molecule has 7 aromatic heterocycles. The summed E-state index contributed by atoms with van der Waals surface area (Å²) >= 11 is 0. The van der Waals surface area contributed by atoms with Crippen LogP contribution in [0.25, 0.3) is 234 Å². The molecule has 0 amide bonds. The molecule has 16 aromatic carbocycles. The van der Waals surface area contributed by atoms with Crippen LogP contribution in [0, 0.1) is 0 Å². The number of hydrogen-bond donors (Lipinski definition) is 0. The van der Waals surface area contributed by atoms with Gasteiger partial charge in [-0.1, -0.05) is 249 Å². The van der Waals surface area contributed by atoms with Crippen molar-refractivity contribution in [2.75, 3.05) is 0 Å². The number of benzene rings is 16. The molecule has 11 heteroatoms. The number of fused-ring (bicyclic) bond motifs is 15. The maximum atomic E-state index is 6.93. The SMILES string of the molecule is c1ccc(-c2nc(-c3ccccc3)nc(-c3cccc4oc5ccc(-c6cccc(-c7ccc8c(c7)c7ccccc7n8-c7cccc(-c8ccc9c(c8)oc8cccc(-n%10c%11ccccc%11c%11cc(-c%12ccc%13oc%14cccc(-c%15nc(-c%16ccccc%16)nc(-c%16ccccc%16)n%15)c%14c%13c%12)ccc%11%10)c89)c7)c6)cc5c34)n2)cc1. The topological polar surface area (TPSA) is 127 Å². The first-order chi connectivity index (χ1) is 56.0. The van der Waals surface area contributed by atoms with Gasteiger partial charge in [-0.15, -0.1) is 0 Å². The van der Waals surface area contributed by atoms with Crippen molar-refractivity contribution >= 4 is 109 Å². The van der Waals surface area contributed by atoms with Crippen LogP contribution in [0.15, 0.2) is 377 Å². The van der Waals surface area contributed by atoms with E-state index in [2.05, 4.69) is 228 Å². The minimum Gasteiger partial charge on any atom is -0.456 e. The quantitative estimate of drug-likeness (QED) is 0.117. The summed E-state index contributed by atoms with van der Waals surface area (Å²) < 4.78 is 24.9. The van der Waals surface area contributed by atoms with E-state index in [1.54, 1.807) is 0 Å². The van der Waals surface area contributed by atoms with E-state index < -0.39 is 0 Å². The molecule has 11 nitrogen and oxygen atoms in total. The van der Waals surface area contributed by atoms with Crippen molar-refractivity contribution in [3.05, 3.63) is 364 Å². The average molecular weight is 1450 g/mol. The predicted octanol–water partition coefficient (Wildman–Crippen LogP) is 26.6. The van der Waals surface area contributed by atoms with Crippen LogP contribution in [0.3, 0.4) is 0 Å². The van der Waals surface area contributed by atoms with E-state index in [0.717, 1.165) is 188 Å². The first kappa shape index (κ1) is 63.6. The number of para-hydroxylation sites is 2. The fraction of sp³-hybridized carbons (Fsp3) is 0. The Kier molecular flexibility index (Phi) is 14.4. The third-order valence-electron chi connectivity index (χ3n) is 22.2. The van der Waals surface area contributed by atoms with Gasteiger partial charge in [0.2, 0.25) is 0 Å². The maximum absolute atomic E-state index is 6.93. The molecular formula is C102H60N8O3. The number of aromatic nitrogens is 8. The Hall–Kier alpha value is -15.5. The van der Waals surface area contributed by atoms with Gasteiger partial charge < -0.3 is 22.4 Å². The number of rotatable bonds is 12. The van der Waals surface area contributed by atoms with Gasteiger partial charge in [0.25, 0.3) is 0 Å². The average Bonchev–Trinajstić information content (AvgIpc) is 1.58. The standard InChI is InChI=1S/C102H60N8O3/c1-5-22-61(23-6-1)97-103-98(62-24-7-2-8-25-62)106-101(105-97)77-36-19-41-90-94(77)81-58-70(47-52-88(81)111-90)66-31-17-30-65(54-66)68-45-50-85-79(56-68)74-34-13-15-38-83(74)109(85)73-33-18-32-67(55-73)72-44-49-76-93(60-72)113-92-43-21-40-87(96(76)92)110-84-39-16-14-35-75(84)80-57-69(46-51-86(80)110)71-48-53-89-82(59-71)95-78(37-20-42-91(95)112-89)102-107-99(63-26-9-3-10-27-63)104-100(108-102)64-28-11-4-12-29-64/h1-60H. The van der Waals surface area contributed by atoms with Gasteiger partial charge in [0.15, 0.2) is 34.9 Å². The highest BCUT2D eigenvalue weighted by atomic mass is 16.3. The van der Waals surface area contributed by atoms with Crippen LogP contribution in [-0.4, -0.2) is 39.0 Å². The van der Waals surface area contributed by atoms with Crippen LogP contribution in [0.4, 0.5) is 0 Å². The highest BCUT2D eigenvalue weighted by Crippen LogP contribution is 2.46. The summed E-state index contributed by atoms with van der Waals surface area (Å²) in [6.07, 6.45) is 0. The summed E-state index contributed by atoms with van der Waals surface area (Å²) in [5, 5.41) is 10.6. The smallest absolute Gasteiger partial charge is 0.164 e. The lowest BCUT2D eigenvalue weighted by atomic mass is 9.96. The summed E-state index contributed by atoms with van der Waals surface area (Å²) in [6, 6.07) is 127. The van der Waals surface area contributed by atoms with Crippen molar-refractivity contribution in [3.63, 3.8) is 0 Å². The first-order valence-corrected chi connectivity index (χ1v) is 37.9. The van der Waals surface area contributed by atoms with Gasteiger partial charge in [-0.3, -0.25) is 0 Å². The summed E-state index contributed by atoms with van der Waals surface area (Å²) in [5.41, 5.74) is 25.4. The molecule has 0 N–H and O–H groups in total. The predicted molar refractivity (Wildman–Crippen MR) is 458 cm³/mol. The van der Waals surface area contributed by atoms with Crippen LogP contribution < -0.4 is 0 Å². The molecule has 23 aromatic rings. The van der Waals surface area contributed by atoms with E-state index in [1.165, 1.54) is 10.8 Å². The minimum absolute atomic E-state index is 0.576. The molecule has 23 rings (SSSR count). The van der Waals surface area contributed by atoms with E-state index in [0.29, 0.717) is 34.9 Å². The number of hydrogen-bond acceptors (Lipinski definition) is 9. The van der Waals surface area contributed by atoms with Crippen molar-refractivity contribution in [1.82, 2.24) is 39.0 Å². The molecule has 0 bridgehead atoms. The Labute approximate surface area is 645 Å². The van der Waals surface area contributed by atoms with Gasteiger partial charge in [-0.25, -0.2) is 29.9 Å². The zero-order valence-corrected chi connectivity index (χ0v) is 60.4. The van der Waals surface area contributed by atoms with E-state index in [4.69, 9.17) is 43.2 Å². The van der Waals surface area contributed by atoms with E-state index in [1.807, 2.05) is 146 Å². The van der Waals surface area contributed by atoms with Crippen LogP contribution >= 0.6 is 0 Å².